The molecule has 1 unspecified atom stereocenters. The maximum absolute atomic E-state index is 13.0. The minimum absolute atomic E-state index is 0.438. The van der Waals surface area contributed by atoms with Crippen LogP contribution >= 0.6 is 0 Å². The number of aryl methyl sites for hydroxylation is 1. The normalized spacial score (nSPS) is 12.5. The second-order valence-electron chi connectivity index (χ2n) is 4.13. The van der Waals surface area contributed by atoms with Crippen molar-refractivity contribution in [1.82, 2.24) is 4.98 Å². The largest absolute Gasteiger partial charge is 0.384 e. The number of benzene rings is 1. The van der Waals surface area contributed by atoms with Gasteiger partial charge in [-0.05, 0) is 36.6 Å². The van der Waals surface area contributed by atoms with Crippen molar-refractivity contribution in [3.8, 4) is 0 Å². The van der Waals surface area contributed by atoms with E-state index in [1.165, 1.54) is 12.3 Å². The first-order chi connectivity index (χ1) is 8.09. The fourth-order valence-corrected chi connectivity index (χ4v) is 1.83. The van der Waals surface area contributed by atoms with Crippen LogP contribution in [0, 0.1) is 19.7 Å². The molecule has 0 amide bonds. The first-order valence-corrected chi connectivity index (χ1v) is 5.44. The van der Waals surface area contributed by atoms with E-state index in [0.717, 1.165) is 22.9 Å². The lowest BCUT2D eigenvalue weighted by Gasteiger charge is -2.15. The lowest BCUT2D eigenvalue weighted by molar-refractivity contribution is 0.218. The lowest BCUT2D eigenvalue weighted by atomic mass is 9.96. The number of halogens is 1. The van der Waals surface area contributed by atoms with Crippen molar-refractivity contribution in [3.05, 3.63) is 64.7 Å². The summed E-state index contributed by atoms with van der Waals surface area (Å²) in [6.45, 7) is 3.93. The quantitative estimate of drug-likeness (QED) is 0.862. The summed E-state index contributed by atoms with van der Waals surface area (Å²) in [5, 5.41) is 10.2. The van der Waals surface area contributed by atoms with Crippen molar-refractivity contribution in [1.29, 1.82) is 0 Å². The van der Waals surface area contributed by atoms with Crippen LogP contribution in [0.5, 0.6) is 0 Å². The lowest BCUT2D eigenvalue weighted by Crippen LogP contribution is -2.04. The highest BCUT2D eigenvalue weighted by Gasteiger charge is 2.14. The van der Waals surface area contributed by atoms with Gasteiger partial charge >= 0.3 is 0 Å². The smallest absolute Gasteiger partial charge is 0.141 e. The van der Waals surface area contributed by atoms with Gasteiger partial charge in [0.15, 0.2) is 0 Å². The Balaban J connectivity index is 2.44. The Bertz CT molecular complexity index is 539. The average Bonchev–Trinajstić information content (AvgIpc) is 2.32. The van der Waals surface area contributed by atoms with Crippen LogP contribution in [0.2, 0.25) is 0 Å². The summed E-state index contributed by atoms with van der Waals surface area (Å²) in [6.07, 6.45) is 1.77. The number of rotatable bonds is 2. The molecule has 0 aliphatic rings. The molecule has 2 aromatic rings. The molecule has 1 aromatic carbocycles. The van der Waals surface area contributed by atoms with Gasteiger partial charge in [0.05, 0.1) is 6.20 Å². The molecule has 0 saturated carbocycles. The van der Waals surface area contributed by atoms with Gasteiger partial charge in [-0.25, -0.2) is 4.39 Å². The molecule has 0 fully saturated rings. The summed E-state index contributed by atoms with van der Waals surface area (Å²) >= 11 is 0. The Morgan fingerprint density at radius 2 is 2.00 bits per heavy atom. The number of aromatic nitrogens is 1. The Kier molecular flexibility index (Phi) is 3.20. The average molecular weight is 231 g/mol. The topological polar surface area (TPSA) is 33.1 Å². The minimum Gasteiger partial charge on any atom is -0.384 e. The van der Waals surface area contributed by atoms with Crippen molar-refractivity contribution in [3.63, 3.8) is 0 Å². The van der Waals surface area contributed by atoms with Crippen molar-refractivity contribution in [2.75, 3.05) is 0 Å². The van der Waals surface area contributed by atoms with E-state index >= 15 is 0 Å². The van der Waals surface area contributed by atoms with E-state index in [9.17, 15) is 9.50 Å². The molecule has 0 aliphatic heterocycles. The maximum atomic E-state index is 13.0. The molecule has 1 N–H and O–H groups in total. The Morgan fingerprint density at radius 3 is 2.71 bits per heavy atom. The maximum Gasteiger partial charge on any atom is 0.141 e. The van der Waals surface area contributed by atoms with Gasteiger partial charge in [-0.2, -0.15) is 0 Å². The van der Waals surface area contributed by atoms with Gasteiger partial charge in [-0.3, -0.25) is 4.98 Å². The molecular formula is C14H14FNO. The fraction of sp³-hybridized carbons (Fsp3) is 0.214. The van der Waals surface area contributed by atoms with Crippen molar-refractivity contribution >= 4 is 0 Å². The molecule has 1 atom stereocenters. The minimum atomic E-state index is -0.835. The molecule has 2 rings (SSSR count). The number of pyridine rings is 1. The number of aliphatic hydroxyl groups excluding tert-OH is 1. The molecule has 0 radical (unpaired) electrons. The van der Waals surface area contributed by atoms with Crippen LogP contribution in [0.4, 0.5) is 4.39 Å². The highest BCUT2D eigenvalue weighted by atomic mass is 19.1. The monoisotopic (exact) mass is 231 g/mol. The van der Waals surface area contributed by atoms with E-state index in [-0.39, 0.29) is 0 Å². The van der Waals surface area contributed by atoms with Crippen molar-refractivity contribution in [2.45, 2.75) is 20.0 Å². The summed E-state index contributed by atoms with van der Waals surface area (Å²) < 4.78 is 13.0. The van der Waals surface area contributed by atoms with E-state index < -0.39 is 11.9 Å². The van der Waals surface area contributed by atoms with Crippen LogP contribution in [-0.2, 0) is 0 Å². The van der Waals surface area contributed by atoms with E-state index in [4.69, 9.17) is 0 Å². The molecule has 2 nitrogen and oxygen atoms in total. The second-order valence-corrected chi connectivity index (χ2v) is 4.13. The Labute approximate surface area is 99.8 Å². The molecule has 1 heterocycles. The van der Waals surface area contributed by atoms with E-state index in [1.54, 1.807) is 0 Å². The number of hydrogen-bond donors (Lipinski definition) is 1. The molecule has 17 heavy (non-hydrogen) atoms. The molecule has 1 aromatic heterocycles. The predicted molar refractivity (Wildman–Crippen MR) is 64.2 cm³/mol. The van der Waals surface area contributed by atoms with Gasteiger partial charge in [0, 0.05) is 11.8 Å². The molecular weight excluding hydrogens is 217 g/mol. The summed E-state index contributed by atoms with van der Waals surface area (Å²) in [5.74, 6) is -0.438. The zero-order valence-corrected chi connectivity index (χ0v) is 9.81. The van der Waals surface area contributed by atoms with Crippen molar-refractivity contribution in [2.24, 2.45) is 0 Å². The third kappa shape index (κ3) is 2.34. The van der Waals surface area contributed by atoms with Gasteiger partial charge < -0.3 is 5.11 Å². The summed E-state index contributed by atoms with van der Waals surface area (Å²) in [7, 11) is 0. The Hall–Kier alpha value is -1.74. The van der Waals surface area contributed by atoms with Crippen LogP contribution in [0.1, 0.15) is 28.4 Å². The van der Waals surface area contributed by atoms with E-state index in [2.05, 4.69) is 4.98 Å². The van der Waals surface area contributed by atoms with Crippen LogP contribution < -0.4 is 0 Å². The standard InChI is InChI=1S/C14H14FNO/c1-9-4-3-5-13(10(9)2)14(17)11-6-12(15)8-16-7-11/h3-8,14,17H,1-2H3. The van der Waals surface area contributed by atoms with Crippen molar-refractivity contribution < 1.29 is 9.50 Å². The molecule has 0 saturated heterocycles. The van der Waals surface area contributed by atoms with Crippen LogP contribution in [0.15, 0.2) is 36.7 Å². The summed E-state index contributed by atoms with van der Waals surface area (Å²) in [4.78, 5) is 3.75. The third-order valence-corrected chi connectivity index (χ3v) is 2.98. The van der Waals surface area contributed by atoms with Crippen LogP contribution in [0.3, 0.4) is 0 Å². The van der Waals surface area contributed by atoms with E-state index in [1.807, 2.05) is 32.0 Å². The first-order valence-electron chi connectivity index (χ1n) is 5.44. The molecule has 0 bridgehead atoms. The molecule has 0 aliphatic carbocycles. The highest BCUT2D eigenvalue weighted by Crippen LogP contribution is 2.26. The Morgan fingerprint density at radius 1 is 1.24 bits per heavy atom. The van der Waals surface area contributed by atoms with Gasteiger partial charge in [0.1, 0.15) is 11.9 Å². The predicted octanol–water partition coefficient (Wildman–Crippen LogP) is 2.92. The summed E-state index contributed by atoms with van der Waals surface area (Å²) in [5.41, 5.74) is 3.38. The molecule has 88 valence electrons. The number of aliphatic hydroxyl groups is 1. The van der Waals surface area contributed by atoms with Crippen LogP contribution in [0.25, 0.3) is 0 Å². The number of hydrogen-bond acceptors (Lipinski definition) is 2. The van der Waals surface area contributed by atoms with Gasteiger partial charge in [-0.15, -0.1) is 0 Å². The van der Waals surface area contributed by atoms with Gasteiger partial charge in [0.25, 0.3) is 0 Å². The first kappa shape index (κ1) is 11.7. The molecule has 0 spiro atoms. The third-order valence-electron chi connectivity index (χ3n) is 2.98. The fourth-order valence-electron chi connectivity index (χ4n) is 1.83. The summed E-state index contributed by atoms with van der Waals surface area (Å²) in [6, 6.07) is 7.01. The van der Waals surface area contributed by atoms with Gasteiger partial charge in [0.2, 0.25) is 0 Å². The second kappa shape index (κ2) is 4.63. The number of nitrogens with zero attached hydrogens (tertiary/aromatic N) is 1. The zero-order chi connectivity index (χ0) is 12.4. The van der Waals surface area contributed by atoms with Gasteiger partial charge in [-0.1, -0.05) is 18.2 Å². The zero-order valence-electron chi connectivity index (χ0n) is 9.81. The SMILES string of the molecule is Cc1cccc(C(O)c2cncc(F)c2)c1C. The highest BCUT2D eigenvalue weighted by molar-refractivity contribution is 5.38. The van der Waals surface area contributed by atoms with E-state index in [0.29, 0.717) is 5.56 Å². The molecule has 3 heteroatoms. The van der Waals surface area contributed by atoms with Crippen LogP contribution in [-0.4, -0.2) is 10.1 Å².